The summed E-state index contributed by atoms with van der Waals surface area (Å²) in [7, 11) is 0. The first kappa shape index (κ1) is 20.4. The van der Waals surface area contributed by atoms with Crippen molar-refractivity contribution in [2.45, 2.75) is 67.2 Å². The van der Waals surface area contributed by atoms with E-state index in [1.54, 1.807) is 6.08 Å². The summed E-state index contributed by atoms with van der Waals surface area (Å²) in [4.78, 5) is 11.8. The average molecular weight is 303 g/mol. The summed E-state index contributed by atoms with van der Waals surface area (Å²) in [5.74, 6) is 0.00282. The molecule has 124 valence electrons. The van der Waals surface area contributed by atoms with Crippen LogP contribution in [0.25, 0.3) is 0 Å². The first-order valence-electron chi connectivity index (χ1n) is 8.18. The van der Waals surface area contributed by atoms with E-state index in [1.165, 1.54) is 16.7 Å². The van der Waals surface area contributed by atoms with Crippen LogP contribution in [-0.4, -0.2) is 12.5 Å². The summed E-state index contributed by atoms with van der Waals surface area (Å²) in [6.45, 7) is 13.2. The molecule has 2 heteroatoms. The number of hydrogen-bond donors (Lipinski definition) is 1. The Morgan fingerprint density at radius 2 is 1.27 bits per heavy atom. The zero-order chi connectivity index (χ0) is 17.0. The maximum Gasteiger partial charge on any atom is 0.244 e. The summed E-state index contributed by atoms with van der Waals surface area (Å²) < 4.78 is 0. The number of allylic oxidation sites excluding steroid dienone is 6. The minimum absolute atomic E-state index is 0.00282. The van der Waals surface area contributed by atoms with E-state index in [2.05, 4.69) is 58.2 Å². The van der Waals surface area contributed by atoms with Gasteiger partial charge in [0.15, 0.2) is 0 Å². The van der Waals surface area contributed by atoms with E-state index in [1.807, 2.05) is 6.92 Å². The predicted molar refractivity (Wildman–Crippen MR) is 97.9 cm³/mol. The molecule has 0 aliphatic heterocycles. The number of carbonyl (C=O) groups is 1. The molecule has 0 aromatic heterocycles. The van der Waals surface area contributed by atoms with E-state index in [9.17, 15) is 4.79 Å². The van der Waals surface area contributed by atoms with Crippen molar-refractivity contribution in [2.75, 3.05) is 6.54 Å². The molecule has 0 aromatic rings. The summed E-state index contributed by atoms with van der Waals surface area (Å²) in [5, 5.41) is 2.92. The van der Waals surface area contributed by atoms with Crippen molar-refractivity contribution in [2.24, 2.45) is 0 Å². The van der Waals surface area contributed by atoms with Gasteiger partial charge < -0.3 is 5.32 Å². The minimum atomic E-state index is 0.00282. The zero-order valence-corrected chi connectivity index (χ0v) is 15.3. The van der Waals surface area contributed by atoms with Crippen LogP contribution < -0.4 is 5.32 Å². The van der Waals surface area contributed by atoms with Gasteiger partial charge in [0.05, 0.1) is 0 Å². The second kappa shape index (κ2) is 12.0. The lowest BCUT2D eigenvalue weighted by Crippen LogP contribution is -2.21. The predicted octanol–water partition coefficient (Wildman–Crippen LogP) is 5.49. The smallest absolute Gasteiger partial charge is 0.244 e. The fourth-order valence-electron chi connectivity index (χ4n) is 1.95. The summed E-state index contributed by atoms with van der Waals surface area (Å²) in [6.07, 6.45) is 12.3. The monoisotopic (exact) mass is 303 g/mol. The largest absolute Gasteiger partial charge is 0.349 e. The lowest BCUT2D eigenvalue weighted by Gasteiger charge is -2.03. The van der Waals surface area contributed by atoms with Crippen molar-refractivity contribution in [1.82, 2.24) is 5.32 Å². The molecule has 0 fully saturated rings. The second-order valence-electron chi connectivity index (χ2n) is 6.43. The molecule has 0 spiro atoms. The topological polar surface area (TPSA) is 29.1 Å². The SMILES string of the molecule is CC(C)=CCC/C(C)=C\C(=O)NC/C=C(\C)CCC=C(C)C. The van der Waals surface area contributed by atoms with Gasteiger partial charge in [-0.2, -0.15) is 0 Å². The van der Waals surface area contributed by atoms with E-state index < -0.39 is 0 Å². The molecule has 0 bridgehead atoms. The van der Waals surface area contributed by atoms with E-state index in [0.717, 1.165) is 31.3 Å². The Hall–Kier alpha value is -1.57. The molecular formula is C20H33NO. The first-order chi connectivity index (χ1) is 10.3. The van der Waals surface area contributed by atoms with Crippen molar-refractivity contribution in [3.63, 3.8) is 0 Å². The summed E-state index contributed by atoms with van der Waals surface area (Å²) in [5.41, 5.74) is 5.13. The lowest BCUT2D eigenvalue weighted by molar-refractivity contribution is -0.116. The molecule has 1 N–H and O–H groups in total. The average Bonchev–Trinajstić information content (AvgIpc) is 2.37. The fourth-order valence-corrected chi connectivity index (χ4v) is 1.95. The highest BCUT2D eigenvalue weighted by Gasteiger charge is 1.97. The third-order valence-electron chi connectivity index (χ3n) is 3.29. The van der Waals surface area contributed by atoms with Gasteiger partial charge in [-0.25, -0.2) is 0 Å². The van der Waals surface area contributed by atoms with Gasteiger partial charge in [0, 0.05) is 12.6 Å². The highest BCUT2D eigenvalue weighted by atomic mass is 16.1. The quantitative estimate of drug-likeness (QED) is 0.443. The van der Waals surface area contributed by atoms with Crippen molar-refractivity contribution in [1.29, 1.82) is 0 Å². The van der Waals surface area contributed by atoms with Gasteiger partial charge in [-0.05, 0) is 67.2 Å². The van der Waals surface area contributed by atoms with E-state index in [4.69, 9.17) is 0 Å². The van der Waals surface area contributed by atoms with Crippen molar-refractivity contribution < 1.29 is 4.79 Å². The van der Waals surface area contributed by atoms with E-state index in [0.29, 0.717) is 6.54 Å². The number of rotatable bonds is 9. The Labute approximate surface area is 137 Å². The third kappa shape index (κ3) is 13.4. The van der Waals surface area contributed by atoms with Crippen LogP contribution in [0.5, 0.6) is 0 Å². The van der Waals surface area contributed by atoms with Crippen LogP contribution in [0.15, 0.2) is 46.6 Å². The van der Waals surface area contributed by atoms with Crippen LogP contribution in [-0.2, 0) is 4.79 Å². The van der Waals surface area contributed by atoms with Gasteiger partial charge in [0.1, 0.15) is 0 Å². The molecular weight excluding hydrogens is 270 g/mol. The molecule has 0 unspecified atom stereocenters. The molecule has 0 aliphatic carbocycles. The number of nitrogens with one attached hydrogen (secondary N) is 1. The molecule has 0 atom stereocenters. The van der Waals surface area contributed by atoms with Crippen LogP contribution in [0.2, 0.25) is 0 Å². The molecule has 0 aliphatic rings. The Kier molecular flexibility index (Phi) is 11.2. The van der Waals surface area contributed by atoms with Gasteiger partial charge >= 0.3 is 0 Å². The van der Waals surface area contributed by atoms with Gasteiger partial charge in [0.25, 0.3) is 0 Å². The Bertz CT molecular complexity index is 456. The van der Waals surface area contributed by atoms with Gasteiger partial charge in [-0.3, -0.25) is 4.79 Å². The number of carbonyl (C=O) groups excluding carboxylic acids is 1. The molecule has 0 saturated carbocycles. The summed E-state index contributed by atoms with van der Waals surface area (Å²) in [6, 6.07) is 0. The molecule has 1 amide bonds. The van der Waals surface area contributed by atoms with Gasteiger partial charge in [-0.1, -0.05) is 40.5 Å². The van der Waals surface area contributed by atoms with Crippen LogP contribution >= 0.6 is 0 Å². The number of amides is 1. The zero-order valence-electron chi connectivity index (χ0n) is 15.3. The van der Waals surface area contributed by atoms with Crippen LogP contribution in [0.3, 0.4) is 0 Å². The first-order valence-corrected chi connectivity index (χ1v) is 8.18. The highest BCUT2D eigenvalue weighted by molar-refractivity contribution is 5.88. The molecule has 0 saturated heterocycles. The molecule has 0 heterocycles. The Morgan fingerprint density at radius 1 is 0.773 bits per heavy atom. The third-order valence-corrected chi connectivity index (χ3v) is 3.29. The molecule has 0 aromatic carbocycles. The second-order valence-corrected chi connectivity index (χ2v) is 6.43. The normalized spacial score (nSPS) is 11.9. The van der Waals surface area contributed by atoms with E-state index in [-0.39, 0.29) is 5.91 Å². The highest BCUT2D eigenvalue weighted by Crippen LogP contribution is 2.07. The standard InChI is InChI=1S/C20H33NO/c1-16(2)9-7-11-18(5)13-14-21-20(22)15-19(6)12-8-10-17(3)4/h9-10,13,15H,7-8,11-12,14H2,1-6H3,(H,21,22)/b18-13+,19-15-. The van der Waals surface area contributed by atoms with Crippen LogP contribution in [0.1, 0.15) is 67.2 Å². The number of hydrogen-bond acceptors (Lipinski definition) is 1. The van der Waals surface area contributed by atoms with Crippen molar-refractivity contribution >= 4 is 5.91 Å². The van der Waals surface area contributed by atoms with Gasteiger partial charge in [-0.15, -0.1) is 0 Å². The lowest BCUT2D eigenvalue weighted by atomic mass is 10.1. The Morgan fingerprint density at radius 3 is 1.77 bits per heavy atom. The van der Waals surface area contributed by atoms with Crippen molar-refractivity contribution in [3.8, 4) is 0 Å². The molecule has 2 nitrogen and oxygen atoms in total. The van der Waals surface area contributed by atoms with Crippen molar-refractivity contribution in [3.05, 3.63) is 46.6 Å². The molecule has 22 heavy (non-hydrogen) atoms. The maximum atomic E-state index is 11.8. The van der Waals surface area contributed by atoms with Crippen LogP contribution in [0, 0.1) is 0 Å². The maximum absolute atomic E-state index is 11.8. The fraction of sp³-hybridized carbons (Fsp3) is 0.550. The molecule has 0 radical (unpaired) electrons. The summed E-state index contributed by atoms with van der Waals surface area (Å²) >= 11 is 0. The van der Waals surface area contributed by atoms with Gasteiger partial charge in [0.2, 0.25) is 5.91 Å². The molecule has 0 rings (SSSR count). The Balaban J connectivity index is 4.06. The van der Waals surface area contributed by atoms with Crippen LogP contribution in [0.4, 0.5) is 0 Å². The minimum Gasteiger partial charge on any atom is -0.349 e. The van der Waals surface area contributed by atoms with E-state index >= 15 is 0 Å².